The Morgan fingerprint density at radius 2 is 2.12 bits per heavy atom. The minimum absolute atomic E-state index is 0.0493. The van der Waals surface area contributed by atoms with Crippen LogP contribution in [0.4, 0.5) is 4.79 Å². The van der Waals surface area contributed by atoms with Crippen molar-refractivity contribution in [3.63, 3.8) is 0 Å². The van der Waals surface area contributed by atoms with Crippen LogP contribution in [0.5, 0.6) is 0 Å². The Labute approximate surface area is 101 Å². The summed E-state index contributed by atoms with van der Waals surface area (Å²) in [6.07, 6.45) is 2.32. The molecule has 5 heteroatoms. The molecule has 0 saturated carbocycles. The highest BCUT2D eigenvalue weighted by Gasteiger charge is 2.43. The molecule has 0 aliphatic carbocycles. The average Bonchev–Trinajstić information content (AvgIpc) is 2.21. The van der Waals surface area contributed by atoms with Gasteiger partial charge in [-0.1, -0.05) is 0 Å². The van der Waals surface area contributed by atoms with Gasteiger partial charge in [-0.05, 0) is 40.0 Å². The maximum absolute atomic E-state index is 12.1. The Bertz CT molecular complexity index is 335. The summed E-state index contributed by atoms with van der Waals surface area (Å²) < 4.78 is 5.37. The number of hydrogen-bond acceptors (Lipinski definition) is 3. The van der Waals surface area contributed by atoms with E-state index >= 15 is 0 Å². The van der Waals surface area contributed by atoms with Crippen LogP contribution in [0.25, 0.3) is 0 Å². The number of hydrogen-bond donors (Lipinski definition) is 1. The van der Waals surface area contributed by atoms with Gasteiger partial charge in [-0.3, -0.25) is 9.69 Å². The molecule has 0 radical (unpaired) electrons. The van der Waals surface area contributed by atoms with E-state index in [-0.39, 0.29) is 24.1 Å². The third-order valence-corrected chi connectivity index (χ3v) is 3.16. The summed E-state index contributed by atoms with van der Waals surface area (Å²) in [7, 11) is 0. The van der Waals surface area contributed by atoms with Crippen LogP contribution in [-0.2, 0) is 9.53 Å². The largest absolute Gasteiger partial charge is 0.444 e. The van der Waals surface area contributed by atoms with E-state index in [1.807, 2.05) is 20.8 Å². The van der Waals surface area contributed by atoms with Crippen molar-refractivity contribution in [1.82, 2.24) is 10.2 Å². The van der Waals surface area contributed by atoms with E-state index in [1.54, 1.807) is 4.90 Å². The standard InChI is InChI=1S/C12H20N2O3/c1-12(2,3)17-11(16)14-8-5-4-6-9(14)10(15)13-7-8/h8-9H,4-7H2,1-3H3,(H,13,15). The predicted molar refractivity (Wildman–Crippen MR) is 62.5 cm³/mol. The fraction of sp³-hybridized carbons (Fsp3) is 0.833. The van der Waals surface area contributed by atoms with E-state index in [0.717, 1.165) is 19.3 Å². The molecular weight excluding hydrogens is 220 g/mol. The summed E-state index contributed by atoms with van der Waals surface area (Å²) in [4.78, 5) is 25.5. The number of amides is 2. The zero-order valence-corrected chi connectivity index (χ0v) is 10.7. The minimum Gasteiger partial charge on any atom is -0.444 e. The summed E-state index contributed by atoms with van der Waals surface area (Å²) in [5, 5.41) is 2.84. The Morgan fingerprint density at radius 3 is 2.76 bits per heavy atom. The van der Waals surface area contributed by atoms with Gasteiger partial charge in [0.1, 0.15) is 11.6 Å². The Balaban J connectivity index is 2.13. The Hall–Kier alpha value is -1.26. The molecule has 2 rings (SSSR count). The summed E-state index contributed by atoms with van der Waals surface area (Å²) >= 11 is 0. The maximum atomic E-state index is 12.1. The number of rotatable bonds is 0. The molecule has 2 bridgehead atoms. The van der Waals surface area contributed by atoms with E-state index in [0.29, 0.717) is 6.54 Å². The number of nitrogens with one attached hydrogen (secondary N) is 1. The molecule has 17 heavy (non-hydrogen) atoms. The quantitative estimate of drug-likeness (QED) is 0.693. The van der Waals surface area contributed by atoms with Crippen molar-refractivity contribution in [2.75, 3.05) is 6.54 Å². The van der Waals surface area contributed by atoms with Crippen molar-refractivity contribution in [1.29, 1.82) is 0 Å². The summed E-state index contributed by atoms with van der Waals surface area (Å²) in [5.74, 6) is -0.0493. The number of fused-ring (bicyclic) bond motifs is 2. The summed E-state index contributed by atoms with van der Waals surface area (Å²) in [6, 6.07) is -0.237. The highest BCUT2D eigenvalue weighted by atomic mass is 16.6. The van der Waals surface area contributed by atoms with E-state index in [2.05, 4.69) is 5.32 Å². The molecule has 1 N–H and O–H groups in total. The number of carbonyl (C=O) groups excluding carboxylic acids is 2. The van der Waals surface area contributed by atoms with Crippen molar-refractivity contribution in [3.05, 3.63) is 0 Å². The molecule has 5 nitrogen and oxygen atoms in total. The molecular formula is C12H20N2O3. The molecule has 2 amide bonds. The molecule has 0 aromatic rings. The fourth-order valence-corrected chi connectivity index (χ4v) is 2.46. The lowest BCUT2D eigenvalue weighted by Crippen LogP contribution is -2.64. The van der Waals surface area contributed by atoms with Crippen LogP contribution in [0, 0.1) is 0 Å². The Kier molecular flexibility index (Phi) is 3.02. The van der Waals surface area contributed by atoms with Crippen LogP contribution in [0.3, 0.4) is 0 Å². The average molecular weight is 240 g/mol. The van der Waals surface area contributed by atoms with Crippen LogP contribution >= 0.6 is 0 Å². The highest BCUT2D eigenvalue weighted by Crippen LogP contribution is 2.27. The van der Waals surface area contributed by atoms with Gasteiger partial charge in [0.15, 0.2) is 0 Å². The van der Waals surface area contributed by atoms with Gasteiger partial charge >= 0.3 is 6.09 Å². The van der Waals surface area contributed by atoms with Gasteiger partial charge in [0.2, 0.25) is 5.91 Å². The van der Waals surface area contributed by atoms with Gasteiger partial charge in [0, 0.05) is 6.54 Å². The van der Waals surface area contributed by atoms with Gasteiger partial charge in [0.25, 0.3) is 0 Å². The molecule has 2 saturated heterocycles. The zero-order valence-electron chi connectivity index (χ0n) is 10.7. The first-order valence-electron chi connectivity index (χ1n) is 6.17. The normalized spacial score (nSPS) is 28.6. The fourth-order valence-electron chi connectivity index (χ4n) is 2.46. The SMILES string of the molecule is CC(C)(C)OC(=O)N1C2CCCC1C(=O)NC2. The van der Waals surface area contributed by atoms with Crippen molar-refractivity contribution < 1.29 is 14.3 Å². The number of piperidine rings is 1. The number of piperazine rings is 1. The smallest absolute Gasteiger partial charge is 0.411 e. The number of carbonyl (C=O) groups is 2. The second-order valence-electron chi connectivity index (χ2n) is 5.73. The van der Waals surface area contributed by atoms with Gasteiger partial charge in [0.05, 0.1) is 6.04 Å². The Morgan fingerprint density at radius 1 is 1.41 bits per heavy atom. The number of ether oxygens (including phenoxy) is 1. The second-order valence-corrected chi connectivity index (χ2v) is 5.73. The van der Waals surface area contributed by atoms with Crippen LogP contribution in [0.1, 0.15) is 40.0 Å². The second kappa shape index (κ2) is 4.20. The predicted octanol–water partition coefficient (Wildman–Crippen LogP) is 1.27. The molecule has 0 aromatic heterocycles. The molecule has 2 aliphatic heterocycles. The minimum atomic E-state index is -0.515. The van der Waals surface area contributed by atoms with Crippen LogP contribution in [0.2, 0.25) is 0 Å². The van der Waals surface area contributed by atoms with Crippen molar-refractivity contribution in [2.45, 2.75) is 57.7 Å². The molecule has 0 aromatic carbocycles. The molecule has 2 fully saturated rings. The van der Waals surface area contributed by atoms with Crippen LogP contribution in [0.15, 0.2) is 0 Å². The lowest BCUT2D eigenvalue weighted by molar-refractivity contribution is -0.133. The monoisotopic (exact) mass is 240 g/mol. The third-order valence-electron chi connectivity index (χ3n) is 3.16. The van der Waals surface area contributed by atoms with Crippen molar-refractivity contribution >= 4 is 12.0 Å². The first-order chi connectivity index (χ1) is 7.88. The molecule has 0 spiro atoms. The van der Waals surface area contributed by atoms with E-state index in [1.165, 1.54) is 0 Å². The molecule has 2 unspecified atom stereocenters. The lowest BCUT2D eigenvalue weighted by Gasteiger charge is -2.45. The molecule has 2 heterocycles. The van der Waals surface area contributed by atoms with Gasteiger partial charge in [-0.2, -0.15) is 0 Å². The van der Waals surface area contributed by atoms with E-state index in [4.69, 9.17) is 4.74 Å². The zero-order chi connectivity index (χ0) is 12.6. The molecule has 2 atom stereocenters. The van der Waals surface area contributed by atoms with Gasteiger partial charge in [-0.25, -0.2) is 4.79 Å². The third kappa shape index (κ3) is 2.53. The van der Waals surface area contributed by atoms with Crippen molar-refractivity contribution in [2.24, 2.45) is 0 Å². The highest BCUT2D eigenvalue weighted by molar-refractivity contribution is 5.87. The summed E-state index contributed by atoms with van der Waals surface area (Å²) in [5.41, 5.74) is -0.515. The van der Waals surface area contributed by atoms with E-state index in [9.17, 15) is 9.59 Å². The van der Waals surface area contributed by atoms with Gasteiger partial charge in [-0.15, -0.1) is 0 Å². The van der Waals surface area contributed by atoms with Crippen molar-refractivity contribution in [3.8, 4) is 0 Å². The first-order valence-corrected chi connectivity index (χ1v) is 6.17. The van der Waals surface area contributed by atoms with Crippen LogP contribution < -0.4 is 5.32 Å². The molecule has 96 valence electrons. The maximum Gasteiger partial charge on any atom is 0.411 e. The topological polar surface area (TPSA) is 58.6 Å². The molecule has 2 aliphatic rings. The van der Waals surface area contributed by atoms with Crippen LogP contribution in [-0.4, -0.2) is 41.1 Å². The lowest BCUT2D eigenvalue weighted by atomic mass is 9.92. The summed E-state index contributed by atoms with van der Waals surface area (Å²) in [6.45, 7) is 6.06. The van der Waals surface area contributed by atoms with Gasteiger partial charge < -0.3 is 10.1 Å². The van der Waals surface area contributed by atoms with E-state index < -0.39 is 5.60 Å². The number of nitrogens with zero attached hydrogens (tertiary/aromatic N) is 1. The first kappa shape index (κ1) is 12.2.